The van der Waals surface area contributed by atoms with Gasteiger partial charge in [0, 0.05) is 18.4 Å². The number of allylic oxidation sites excluding steroid dienone is 1. The van der Waals surface area contributed by atoms with Crippen molar-refractivity contribution in [1.29, 1.82) is 0 Å². The summed E-state index contributed by atoms with van der Waals surface area (Å²) in [4.78, 5) is 0. The third-order valence-electron chi connectivity index (χ3n) is 19.8. The summed E-state index contributed by atoms with van der Waals surface area (Å²) in [5.74, 6) is -0.0414. The molecule has 3 heterocycles. The molecule has 0 spiro atoms. The van der Waals surface area contributed by atoms with Crippen molar-refractivity contribution >= 4 is 0 Å². The fourth-order valence-corrected chi connectivity index (χ4v) is 15.4. The smallest absolute Gasteiger partial charge is 0.187 e. The highest BCUT2D eigenvalue weighted by Crippen LogP contribution is 2.76. The summed E-state index contributed by atoms with van der Waals surface area (Å²) in [5, 5.41) is 121. The van der Waals surface area contributed by atoms with Crippen LogP contribution in [-0.2, 0) is 33.2 Å². The highest BCUT2D eigenvalue weighted by molar-refractivity contribution is 5.37. The third kappa shape index (κ3) is 7.97. The molecule has 0 aromatic rings. The van der Waals surface area contributed by atoms with Gasteiger partial charge in [-0.15, -0.1) is 0 Å². The quantitative estimate of drug-likeness (QED) is 0.109. The lowest BCUT2D eigenvalue weighted by Crippen LogP contribution is -2.70. The zero-order chi connectivity index (χ0) is 49.3. The van der Waals surface area contributed by atoms with E-state index in [0.717, 1.165) is 19.3 Å². The summed E-state index contributed by atoms with van der Waals surface area (Å²) in [7, 11) is 1.76. The molecule has 5 aliphatic carbocycles. The first-order valence-corrected chi connectivity index (χ1v) is 24.7. The lowest BCUT2D eigenvalue weighted by Gasteiger charge is -2.73. The van der Waals surface area contributed by atoms with Gasteiger partial charge in [0.25, 0.3) is 0 Å². The van der Waals surface area contributed by atoms with Crippen LogP contribution in [0.1, 0.15) is 107 Å². The van der Waals surface area contributed by atoms with Gasteiger partial charge in [0.15, 0.2) is 18.9 Å². The maximum atomic E-state index is 12.2. The highest BCUT2D eigenvalue weighted by atomic mass is 16.8. The van der Waals surface area contributed by atoms with E-state index in [1.807, 2.05) is 0 Å². The van der Waals surface area contributed by atoms with Crippen molar-refractivity contribution in [2.75, 3.05) is 20.3 Å². The van der Waals surface area contributed by atoms with Crippen LogP contribution < -0.4 is 0 Å². The lowest BCUT2D eigenvalue weighted by molar-refractivity contribution is -0.396. The Kier molecular flexibility index (Phi) is 14.2. The van der Waals surface area contributed by atoms with Crippen LogP contribution in [0.4, 0.5) is 0 Å². The number of fused-ring (bicyclic) bond motifs is 7. The Labute approximate surface area is 394 Å². The van der Waals surface area contributed by atoms with Gasteiger partial charge >= 0.3 is 0 Å². The molecule has 8 aliphatic rings. The minimum Gasteiger partial charge on any atom is -0.396 e. The van der Waals surface area contributed by atoms with Crippen molar-refractivity contribution in [2.45, 2.75) is 224 Å². The largest absolute Gasteiger partial charge is 0.396 e. The standard InChI is InChI=1S/C49H82O18/c1-21-31(54)34(57)37(60)41(62-21)66-39-36(59)33(56)26(19-50)64-43(39)67-38-35(58)32(55)22(2)63-42(38)65-30-12-13-46(7)27(45(30,5)6)11-14-47(8)40(46)25(61-10)15-23-24-16-44(3,4)28(52)18-49(24,20-51)29(53)17-48(23,47)9/h15,21-22,24-43,50-60H,11-14,16-20H2,1-10H3/t21-,22+,24-,25+,26+,27-,28+,29+,30-,31-,32-,33+,34+,35-,36-,37+,38+,39+,40+,41-,42-,43-,46-,47+,48+,49+/m0/s1. The van der Waals surface area contributed by atoms with Crippen molar-refractivity contribution in [3.8, 4) is 0 Å². The number of hydrogen-bond acceptors (Lipinski definition) is 18. The van der Waals surface area contributed by atoms with Crippen LogP contribution in [0.2, 0.25) is 0 Å². The molecule has 18 nitrogen and oxygen atoms in total. The molecule has 0 aromatic carbocycles. The molecule has 4 saturated carbocycles. The van der Waals surface area contributed by atoms with Crippen LogP contribution >= 0.6 is 0 Å². The van der Waals surface area contributed by atoms with E-state index in [9.17, 15) is 56.2 Å². The Hall–Kier alpha value is -0.980. The maximum absolute atomic E-state index is 12.2. The molecule has 0 amide bonds. The molecule has 11 N–H and O–H groups in total. The first-order chi connectivity index (χ1) is 31.2. The molecule has 7 fully saturated rings. The Morgan fingerprint density at radius 1 is 0.627 bits per heavy atom. The lowest BCUT2D eigenvalue weighted by atomic mass is 9.32. The summed E-state index contributed by atoms with van der Waals surface area (Å²) in [6.45, 7) is 17.6. The van der Waals surface area contributed by atoms with E-state index in [0.29, 0.717) is 25.7 Å². The van der Waals surface area contributed by atoms with E-state index in [1.54, 1.807) is 14.0 Å². The summed E-state index contributed by atoms with van der Waals surface area (Å²) in [5.41, 5.74) is -1.63. The highest BCUT2D eigenvalue weighted by Gasteiger charge is 2.72. The summed E-state index contributed by atoms with van der Waals surface area (Å²) >= 11 is 0. The number of rotatable bonds is 9. The molecule has 8 rings (SSSR count). The van der Waals surface area contributed by atoms with Gasteiger partial charge in [-0.2, -0.15) is 0 Å². The van der Waals surface area contributed by atoms with Crippen LogP contribution in [0, 0.1) is 50.2 Å². The number of aliphatic hydroxyl groups excluding tert-OH is 11. The molecule has 3 aliphatic heterocycles. The predicted molar refractivity (Wildman–Crippen MR) is 236 cm³/mol. The van der Waals surface area contributed by atoms with Crippen molar-refractivity contribution in [3.63, 3.8) is 0 Å². The minimum atomic E-state index is -1.82. The minimum absolute atomic E-state index is 0.0217. The Morgan fingerprint density at radius 3 is 1.82 bits per heavy atom. The van der Waals surface area contributed by atoms with E-state index in [2.05, 4.69) is 54.5 Å². The molecule has 18 heteroatoms. The maximum Gasteiger partial charge on any atom is 0.187 e. The zero-order valence-electron chi connectivity index (χ0n) is 40.9. The van der Waals surface area contributed by atoms with Gasteiger partial charge < -0.3 is 89.3 Å². The molecule has 67 heavy (non-hydrogen) atoms. The second-order valence-corrected chi connectivity index (χ2v) is 24.0. The second kappa shape index (κ2) is 18.2. The van der Waals surface area contributed by atoms with Crippen molar-refractivity contribution in [1.82, 2.24) is 0 Å². The fourth-order valence-electron chi connectivity index (χ4n) is 15.4. The van der Waals surface area contributed by atoms with E-state index < -0.39 is 139 Å². The number of ether oxygens (including phenoxy) is 7. The van der Waals surface area contributed by atoms with Crippen molar-refractivity contribution in [2.24, 2.45) is 50.2 Å². The molecule has 0 unspecified atom stereocenters. The molecule has 386 valence electrons. The van der Waals surface area contributed by atoms with Crippen LogP contribution in [0.3, 0.4) is 0 Å². The SMILES string of the molecule is CO[C@@H]1C=C2[C@@H]3CC(C)(C)[C@H](O)C[C@]3(CO)[C@H](O)C[C@@]2(C)[C@]2(C)CC[C@H]3C(C)(C)[C@@H](O[C@@H]4O[C@H](C)[C@H](O)[C@H](O)[C@H]4O[C@@H]4O[C@H](CO)[C@@H](O)[C@H](O)[C@H]4O[C@@H]4O[C@@H](C)[C@H](O)[C@@H](O)[C@H]4O)CC[C@]3(C)[C@@H]12. The molecule has 0 aromatic heterocycles. The van der Waals surface area contributed by atoms with Crippen molar-refractivity contribution < 1.29 is 89.3 Å². The van der Waals surface area contributed by atoms with Gasteiger partial charge in [-0.1, -0.05) is 60.1 Å². The number of hydrogen-bond donors (Lipinski definition) is 11. The first kappa shape index (κ1) is 52.3. The summed E-state index contributed by atoms with van der Waals surface area (Å²) in [6, 6.07) is 0. The van der Waals surface area contributed by atoms with E-state index in [4.69, 9.17) is 33.2 Å². The summed E-state index contributed by atoms with van der Waals surface area (Å²) in [6.07, 6.45) is -18.2. The predicted octanol–water partition coefficient (Wildman–Crippen LogP) is 0.236. The van der Waals surface area contributed by atoms with E-state index in [-0.39, 0.29) is 41.3 Å². The van der Waals surface area contributed by atoms with Gasteiger partial charge in [0.2, 0.25) is 0 Å². The molecule has 3 saturated heterocycles. The third-order valence-corrected chi connectivity index (χ3v) is 19.8. The monoisotopic (exact) mass is 959 g/mol. The molecule has 26 atom stereocenters. The van der Waals surface area contributed by atoms with Gasteiger partial charge in [0.05, 0.1) is 49.8 Å². The Balaban J connectivity index is 1.07. The average Bonchev–Trinajstić information content (AvgIpc) is 3.26. The van der Waals surface area contributed by atoms with Gasteiger partial charge in [-0.05, 0) is 97.7 Å². The Morgan fingerprint density at radius 2 is 1.21 bits per heavy atom. The average molecular weight is 959 g/mol. The van der Waals surface area contributed by atoms with Crippen LogP contribution in [0.5, 0.6) is 0 Å². The topological polar surface area (TPSA) is 287 Å². The second-order valence-electron chi connectivity index (χ2n) is 24.0. The number of aliphatic hydroxyl groups is 11. The Bertz CT molecular complexity index is 1800. The van der Waals surface area contributed by atoms with E-state index >= 15 is 0 Å². The molecule has 0 radical (unpaired) electrons. The zero-order valence-corrected chi connectivity index (χ0v) is 40.9. The van der Waals surface area contributed by atoms with Gasteiger partial charge in [-0.3, -0.25) is 0 Å². The molecular weight excluding hydrogens is 877 g/mol. The first-order valence-electron chi connectivity index (χ1n) is 24.7. The van der Waals surface area contributed by atoms with Gasteiger partial charge in [-0.25, -0.2) is 0 Å². The molecule has 0 bridgehead atoms. The summed E-state index contributed by atoms with van der Waals surface area (Å²) < 4.78 is 43.7. The van der Waals surface area contributed by atoms with Crippen LogP contribution in [-0.4, -0.2) is 193 Å². The van der Waals surface area contributed by atoms with E-state index in [1.165, 1.54) is 12.5 Å². The fraction of sp³-hybridized carbons (Fsp3) is 0.959. The van der Waals surface area contributed by atoms with Gasteiger partial charge in [0.1, 0.15) is 61.0 Å². The van der Waals surface area contributed by atoms with Crippen molar-refractivity contribution in [3.05, 3.63) is 11.6 Å². The van der Waals surface area contributed by atoms with Crippen LogP contribution in [0.25, 0.3) is 0 Å². The normalized spacial score (nSPS) is 56.2. The van der Waals surface area contributed by atoms with Crippen LogP contribution in [0.15, 0.2) is 11.6 Å². The molecular formula is C49H82O18. The number of methoxy groups -OCH3 is 1.